The van der Waals surface area contributed by atoms with Crippen molar-refractivity contribution in [3.05, 3.63) is 22.7 Å². The zero-order valence-electron chi connectivity index (χ0n) is 11.9. The topological polar surface area (TPSA) is 91.3 Å². The van der Waals surface area contributed by atoms with Crippen molar-refractivity contribution in [1.29, 1.82) is 0 Å². The Labute approximate surface area is 126 Å². The maximum Gasteiger partial charge on any atom is 0.563 e. The van der Waals surface area contributed by atoms with Crippen LogP contribution >= 0.6 is 0 Å². The molecule has 0 atom stereocenters. The highest BCUT2D eigenvalue weighted by atomic mass is 19.1. The van der Waals surface area contributed by atoms with E-state index >= 15 is 0 Å². The molecule has 3 rings (SSSR count). The third-order valence-corrected chi connectivity index (χ3v) is 3.37. The molecule has 1 amide bonds. The van der Waals surface area contributed by atoms with E-state index in [-0.39, 0.29) is 42.0 Å². The maximum absolute atomic E-state index is 14.0. The molecule has 22 heavy (non-hydrogen) atoms. The fraction of sp³-hybridized carbons (Fsp3) is 0.462. The van der Waals surface area contributed by atoms with E-state index < -0.39 is 18.8 Å². The summed E-state index contributed by atoms with van der Waals surface area (Å²) in [7, 11) is -1.35. The Morgan fingerprint density at radius 2 is 2.32 bits per heavy atom. The highest BCUT2D eigenvalue weighted by Crippen LogP contribution is 2.43. The van der Waals surface area contributed by atoms with E-state index in [0.717, 1.165) is 6.07 Å². The van der Waals surface area contributed by atoms with Crippen LogP contribution in [0.5, 0.6) is 17.2 Å². The minimum Gasteiger partial charge on any atom is -0.756 e. The van der Waals surface area contributed by atoms with Gasteiger partial charge in [0.05, 0.1) is 6.61 Å². The lowest BCUT2D eigenvalue weighted by atomic mass is 9.91. The summed E-state index contributed by atoms with van der Waals surface area (Å²) in [5.41, 5.74) is -0.223. The number of rotatable bonds is 4. The second-order valence-corrected chi connectivity index (χ2v) is 5.07. The van der Waals surface area contributed by atoms with Crippen molar-refractivity contribution in [2.45, 2.75) is 25.8 Å². The molecular formula is C13H14BFNO6-. The zero-order valence-corrected chi connectivity index (χ0v) is 11.9. The van der Waals surface area contributed by atoms with Gasteiger partial charge in [0, 0.05) is 12.1 Å². The van der Waals surface area contributed by atoms with Gasteiger partial charge in [0.2, 0.25) is 0 Å². The standard InChI is InChI=1S/C13H14BFNO6/c1-2-20-9-5-8(15)11-12(22-14(18)6-21-11)10(9)13(17)16(19)7-3-4-7/h5,7,18H,2-4,6H2,1H3/q-1. The molecular weight excluding hydrogens is 296 g/mol. The van der Waals surface area contributed by atoms with E-state index in [9.17, 15) is 19.4 Å². The van der Waals surface area contributed by atoms with Crippen LogP contribution in [0.25, 0.3) is 0 Å². The van der Waals surface area contributed by atoms with Crippen molar-refractivity contribution < 1.29 is 28.3 Å². The van der Waals surface area contributed by atoms with Crippen molar-refractivity contribution in [2.75, 3.05) is 13.1 Å². The van der Waals surface area contributed by atoms with Crippen molar-refractivity contribution in [3.63, 3.8) is 0 Å². The van der Waals surface area contributed by atoms with E-state index in [2.05, 4.69) is 0 Å². The molecule has 118 valence electrons. The lowest BCUT2D eigenvalue weighted by molar-refractivity contribution is 0.0805. The number of nitrogens with zero attached hydrogens (tertiary/aromatic N) is 1. The van der Waals surface area contributed by atoms with E-state index in [4.69, 9.17) is 14.1 Å². The largest absolute Gasteiger partial charge is 0.756 e. The molecule has 1 heterocycles. The van der Waals surface area contributed by atoms with Crippen molar-refractivity contribution in [1.82, 2.24) is 5.06 Å². The Morgan fingerprint density at radius 3 is 2.95 bits per heavy atom. The molecule has 1 aromatic rings. The number of ether oxygens (including phenoxy) is 2. The van der Waals surface area contributed by atoms with Crippen LogP contribution in [0.4, 0.5) is 4.39 Å². The van der Waals surface area contributed by atoms with Gasteiger partial charge in [0.1, 0.15) is 17.8 Å². The van der Waals surface area contributed by atoms with Gasteiger partial charge in [-0.2, -0.15) is 0 Å². The van der Waals surface area contributed by atoms with Crippen LogP contribution in [0.15, 0.2) is 6.07 Å². The fourth-order valence-electron chi connectivity index (χ4n) is 2.22. The van der Waals surface area contributed by atoms with Crippen LogP contribution in [0.2, 0.25) is 0 Å². The van der Waals surface area contributed by atoms with E-state index in [1.54, 1.807) is 6.92 Å². The average molecular weight is 310 g/mol. The van der Waals surface area contributed by atoms with Crippen LogP contribution in [0.3, 0.4) is 0 Å². The van der Waals surface area contributed by atoms with Gasteiger partial charge in [-0.05, 0) is 19.8 Å². The monoisotopic (exact) mass is 310 g/mol. The Hall–Kier alpha value is -2.00. The number of hydrogen-bond acceptors (Lipinski definition) is 6. The summed E-state index contributed by atoms with van der Waals surface area (Å²) in [6, 6.07) is 0.606. The van der Waals surface area contributed by atoms with Crippen LogP contribution in [0, 0.1) is 11.0 Å². The van der Waals surface area contributed by atoms with Crippen molar-refractivity contribution in [2.24, 2.45) is 0 Å². The number of carbonyl (C=O) groups excluding carboxylic acids is 1. The van der Waals surface area contributed by atoms with E-state index in [1.165, 1.54) is 0 Å². The van der Waals surface area contributed by atoms with Crippen LogP contribution in [0.1, 0.15) is 30.1 Å². The fourth-order valence-corrected chi connectivity index (χ4v) is 2.22. The zero-order chi connectivity index (χ0) is 15.9. The molecule has 0 bridgehead atoms. The predicted molar refractivity (Wildman–Crippen MR) is 74.2 cm³/mol. The SMILES string of the molecule is CCOc1cc(F)c2c(c1C(=O)N([O-])C1CC1)OB(O)CO2. The summed E-state index contributed by atoms with van der Waals surface area (Å²) in [6.07, 6.45) is 1.26. The first-order valence-corrected chi connectivity index (χ1v) is 7.00. The van der Waals surface area contributed by atoms with Gasteiger partial charge in [-0.1, -0.05) is 0 Å². The quantitative estimate of drug-likeness (QED) is 0.662. The lowest BCUT2D eigenvalue weighted by Crippen LogP contribution is -2.36. The number of halogens is 1. The number of benzene rings is 1. The van der Waals surface area contributed by atoms with Gasteiger partial charge in [-0.25, -0.2) is 4.39 Å². The average Bonchev–Trinajstić information content (AvgIpc) is 3.31. The Kier molecular flexibility index (Phi) is 3.84. The Bertz CT molecular complexity index is 609. The highest BCUT2D eigenvalue weighted by Gasteiger charge is 2.36. The third kappa shape index (κ3) is 2.57. The van der Waals surface area contributed by atoms with Crippen LogP contribution < -0.4 is 14.1 Å². The Balaban J connectivity index is 2.09. The first kappa shape index (κ1) is 14.9. The molecule has 0 aromatic heterocycles. The molecule has 2 aliphatic rings. The Morgan fingerprint density at radius 1 is 1.59 bits per heavy atom. The number of amides is 1. The molecule has 1 fully saturated rings. The van der Waals surface area contributed by atoms with Crippen molar-refractivity contribution in [3.8, 4) is 17.2 Å². The van der Waals surface area contributed by atoms with Crippen molar-refractivity contribution >= 4 is 13.0 Å². The van der Waals surface area contributed by atoms with Gasteiger partial charge in [-0.15, -0.1) is 0 Å². The number of carbonyl (C=O) groups is 1. The molecule has 0 radical (unpaired) electrons. The molecule has 9 heteroatoms. The normalized spacial score (nSPS) is 16.5. The number of hydroxylamine groups is 2. The summed E-state index contributed by atoms with van der Waals surface area (Å²) >= 11 is 0. The second-order valence-electron chi connectivity index (χ2n) is 5.07. The summed E-state index contributed by atoms with van der Waals surface area (Å²) in [5, 5.41) is 21.8. The molecule has 0 saturated heterocycles. The minimum atomic E-state index is -1.35. The second kappa shape index (κ2) is 5.66. The molecule has 1 aliphatic carbocycles. The van der Waals surface area contributed by atoms with Crippen LogP contribution in [-0.2, 0) is 0 Å². The number of hydrogen-bond donors (Lipinski definition) is 1. The summed E-state index contributed by atoms with van der Waals surface area (Å²) < 4.78 is 29.5. The first-order chi connectivity index (χ1) is 10.5. The van der Waals surface area contributed by atoms with Gasteiger partial charge < -0.3 is 29.4 Å². The minimum absolute atomic E-state index is 0.108. The summed E-state index contributed by atoms with van der Waals surface area (Å²) in [6.45, 7) is 1.56. The molecule has 1 saturated carbocycles. The lowest BCUT2D eigenvalue weighted by Gasteiger charge is -2.31. The molecule has 1 aliphatic heterocycles. The predicted octanol–water partition coefficient (Wildman–Crippen LogP) is 1.12. The summed E-state index contributed by atoms with van der Waals surface area (Å²) in [4.78, 5) is 12.4. The number of fused-ring (bicyclic) bond motifs is 1. The smallest absolute Gasteiger partial charge is 0.563 e. The van der Waals surface area contributed by atoms with E-state index in [1.807, 2.05) is 0 Å². The first-order valence-electron chi connectivity index (χ1n) is 7.00. The molecule has 7 nitrogen and oxygen atoms in total. The highest BCUT2D eigenvalue weighted by molar-refractivity contribution is 6.44. The van der Waals surface area contributed by atoms with Gasteiger partial charge in [0.15, 0.2) is 17.3 Å². The van der Waals surface area contributed by atoms with Gasteiger partial charge >= 0.3 is 7.12 Å². The maximum atomic E-state index is 14.0. The molecule has 1 N–H and O–H groups in total. The van der Waals surface area contributed by atoms with Crippen LogP contribution in [-0.4, -0.2) is 42.3 Å². The third-order valence-electron chi connectivity index (χ3n) is 3.37. The molecule has 0 spiro atoms. The molecule has 1 aromatic carbocycles. The van der Waals surface area contributed by atoms with Gasteiger partial charge in [-0.3, -0.25) is 4.79 Å². The summed E-state index contributed by atoms with van der Waals surface area (Å²) in [5.74, 6) is -2.39. The molecule has 0 unspecified atom stereocenters. The van der Waals surface area contributed by atoms with E-state index in [0.29, 0.717) is 17.9 Å². The van der Waals surface area contributed by atoms with Gasteiger partial charge in [0.25, 0.3) is 5.91 Å².